The molecule has 1 unspecified atom stereocenters. The number of aliphatic hydroxyl groups excluding tert-OH is 1. The summed E-state index contributed by atoms with van der Waals surface area (Å²) in [6.07, 6.45) is 6.34. The Hall–Kier alpha value is -0.980. The first kappa shape index (κ1) is 18.1. The van der Waals surface area contributed by atoms with Crippen LogP contribution in [0.4, 0.5) is 0 Å². The maximum absolute atomic E-state index is 9.86. The normalized spacial score (nSPS) is 13.6. The largest absolute Gasteiger partial charge is 0.393 e. The Morgan fingerprint density at radius 2 is 1.81 bits per heavy atom. The average molecular weight is 305 g/mol. The molecule has 21 heavy (non-hydrogen) atoms. The zero-order chi connectivity index (χ0) is 15.5. The molecule has 0 fully saturated rings. The molecular weight excluding hydrogens is 278 g/mol. The van der Waals surface area contributed by atoms with Gasteiger partial charge in [0.1, 0.15) is 0 Å². The highest BCUT2D eigenvalue weighted by atomic mass is 32.2. The summed E-state index contributed by atoms with van der Waals surface area (Å²) in [5, 5.41) is 18.7. The molecule has 1 N–H and O–H groups in total. The first-order chi connectivity index (χ1) is 10.2. The SMILES string of the molecule is CCCCC[C@@H](O)CCCSc1ccc(C(C)C#N)cc1. The lowest BCUT2D eigenvalue weighted by Gasteiger charge is -2.10. The lowest BCUT2D eigenvalue weighted by Crippen LogP contribution is -2.06. The molecule has 0 aliphatic rings. The fraction of sp³-hybridized carbons (Fsp3) is 0.611. The van der Waals surface area contributed by atoms with E-state index in [9.17, 15) is 5.11 Å². The zero-order valence-corrected chi connectivity index (χ0v) is 14.0. The third-order valence-electron chi connectivity index (χ3n) is 3.67. The quantitative estimate of drug-likeness (QED) is 0.481. The van der Waals surface area contributed by atoms with Crippen LogP contribution < -0.4 is 0 Å². The van der Waals surface area contributed by atoms with Gasteiger partial charge in [-0.2, -0.15) is 5.26 Å². The molecule has 2 nitrogen and oxygen atoms in total. The van der Waals surface area contributed by atoms with Crippen molar-refractivity contribution in [3.8, 4) is 6.07 Å². The molecule has 0 aliphatic carbocycles. The van der Waals surface area contributed by atoms with Gasteiger partial charge in [0, 0.05) is 4.90 Å². The van der Waals surface area contributed by atoms with Gasteiger partial charge >= 0.3 is 0 Å². The van der Waals surface area contributed by atoms with Crippen LogP contribution in [0.1, 0.15) is 63.9 Å². The summed E-state index contributed by atoms with van der Waals surface area (Å²) in [6.45, 7) is 4.10. The van der Waals surface area contributed by atoms with E-state index < -0.39 is 0 Å². The van der Waals surface area contributed by atoms with E-state index in [1.54, 1.807) is 0 Å². The van der Waals surface area contributed by atoms with Crippen molar-refractivity contribution in [2.24, 2.45) is 0 Å². The van der Waals surface area contributed by atoms with Gasteiger partial charge < -0.3 is 5.11 Å². The van der Waals surface area contributed by atoms with Gasteiger partial charge in [0.25, 0.3) is 0 Å². The van der Waals surface area contributed by atoms with Crippen LogP contribution >= 0.6 is 11.8 Å². The predicted octanol–water partition coefficient (Wildman–Crippen LogP) is 5.13. The van der Waals surface area contributed by atoms with E-state index in [2.05, 4.69) is 25.1 Å². The second kappa shape index (κ2) is 10.7. The Kier molecular flexibility index (Phi) is 9.21. The number of unbranched alkanes of at least 4 members (excludes halogenated alkanes) is 2. The van der Waals surface area contributed by atoms with E-state index in [0.717, 1.165) is 37.0 Å². The van der Waals surface area contributed by atoms with Crippen molar-refractivity contribution in [2.45, 2.75) is 69.3 Å². The smallest absolute Gasteiger partial charge is 0.0700 e. The summed E-state index contributed by atoms with van der Waals surface area (Å²) in [5.74, 6) is 1.00. The second-order valence-electron chi connectivity index (χ2n) is 5.56. The minimum absolute atomic E-state index is 0.0395. The summed E-state index contributed by atoms with van der Waals surface area (Å²) >= 11 is 1.82. The second-order valence-corrected chi connectivity index (χ2v) is 6.73. The van der Waals surface area contributed by atoms with Gasteiger partial charge in [-0.05, 0) is 49.6 Å². The Balaban J connectivity index is 2.19. The third-order valence-corrected chi connectivity index (χ3v) is 4.76. The number of thioether (sulfide) groups is 1. The molecule has 0 aliphatic heterocycles. The molecule has 116 valence electrons. The van der Waals surface area contributed by atoms with Crippen molar-refractivity contribution in [1.29, 1.82) is 5.26 Å². The third kappa shape index (κ3) is 7.55. The van der Waals surface area contributed by atoms with Crippen LogP contribution in [0.5, 0.6) is 0 Å². The van der Waals surface area contributed by atoms with Crippen LogP contribution in [-0.4, -0.2) is 17.0 Å². The van der Waals surface area contributed by atoms with Gasteiger partial charge in [-0.15, -0.1) is 11.8 Å². The number of hydrogen-bond donors (Lipinski definition) is 1. The molecule has 0 aromatic heterocycles. The minimum Gasteiger partial charge on any atom is -0.393 e. The molecule has 0 heterocycles. The maximum atomic E-state index is 9.86. The lowest BCUT2D eigenvalue weighted by atomic mass is 10.0. The van der Waals surface area contributed by atoms with E-state index in [4.69, 9.17) is 5.26 Å². The fourth-order valence-electron chi connectivity index (χ4n) is 2.21. The van der Waals surface area contributed by atoms with Gasteiger partial charge in [0.15, 0.2) is 0 Å². The monoisotopic (exact) mass is 305 g/mol. The molecule has 1 aromatic carbocycles. The highest BCUT2D eigenvalue weighted by molar-refractivity contribution is 7.99. The minimum atomic E-state index is -0.129. The molecule has 0 saturated carbocycles. The Bertz CT molecular complexity index is 424. The van der Waals surface area contributed by atoms with Crippen LogP contribution in [0.2, 0.25) is 0 Å². The summed E-state index contributed by atoms with van der Waals surface area (Å²) in [7, 11) is 0. The van der Waals surface area contributed by atoms with Gasteiger partial charge in [-0.1, -0.05) is 38.3 Å². The lowest BCUT2D eigenvalue weighted by molar-refractivity contribution is 0.150. The first-order valence-corrected chi connectivity index (χ1v) is 8.96. The fourth-order valence-corrected chi connectivity index (χ4v) is 3.09. The van der Waals surface area contributed by atoms with Crippen molar-refractivity contribution in [1.82, 2.24) is 0 Å². The van der Waals surface area contributed by atoms with E-state index >= 15 is 0 Å². The van der Waals surface area contributed by atoms with E-state index in [-0.39, 0.29) is 12.0 Å². The molecule has 2 atom stereocenters. The van der Waals surface area contributed by atoms with Crippen LogP contribution in [-0.2, 0) is 0 Å². The first-order valence-electron chi connectivity index (χ1n) is 7.97. The molecule has 0 spiro atoms. The predicted molar refractivity (Wildman–Crippen MR) is 90.6 cm³/mol. The zero-order valence-electron chi connectivity index (χ0n) is 13.2. The summed E-state index contributed by atoms with van der Waals surface area (Å²) in [5.41, 5.74) is 1.08. The van der Waals surface area contributed by atoms with Gasteiger partial charge in [0.05, 0.1) is 18.1 Å². The Morgan fingerprint density at radius 1 is 1.14 bits per heavy atom. The average Bonchev–Trinajstić information content (AvgIpc) is 2.51. The molecule has 1 rings (SSSR count). The number of aliphatic hydroxyl groups is 1. The van der Waals surface area contributed by atoms with E-state index in [0.29, 0.717) is 0 Å². The molecular formula is C18H27NOS. The molecule has 1 aromatic rings. The van der Waals surface area contributed by atoms with Crippen LogP contribution in [0.15, 0.2) is 29.2 Å². The molecule has 0 amide bonds. The van der Waals surface area contributed by atoms with Crippen molar-refractivity contribution >= 4 is 11.8 Å². The molecule has 0 bridgehead atoms. The standard InChI is InChI=1S/C18H27NOS/c1-3-4-5-7-17(20)8-6-13-21-18-11-9-16(10-12-18)15(2)14-19/h9-12,15,17,20H,3-8,13H2,1-2H3/t15?,17-/m1/s1. The Morgan fingerprint density at radius 3 is 2.43 bits per heavy atom. The van der Waals surface area contributed by atoms with Gasteiger partial charge in [-0.25, -0.2) is 0 Å². The van der Waals surface area contributed by atoms with Crippen LogP contribution in [0.25, 0.3) is 0 Å². The van der Waals surface area contributed by atoms with Crippen molar-refractivity contribution in [3.05, 3.63) is 29.8 Å². The number of rotatable bonds is 10. The van der Waals surface area contributed by atoms with Gasteiger partial charge in [0.2, 0.25) is 0 Å². The van der Waals surface area contributed by atoms with E-state index in [1.165, 1.54) is 17.7 Å². The Labute approximate surface area is 133 Å². The summed E-state index contributed by atoms with van der Waals surface area (Å²) in [6, 6.07) is 10.5. The van der Waals surface area contributed by atoms with Crippen LogP contribution in [0.3, 0.4) is 0 Å². The highest BCUT2D eigenvalue weighted by Gasteiger charge is 2.05. The highest BCUT2D eigenvalue weighted by Crippen LogP contribution is 2.23. The number of nitriles is 1. The van der Waals surface area contributed by atoms with E-state index in [1.807, 2.05) is 30.8 Å². The summed E-state index contributed by atoms with van der Waals surface area (Å²) < 4.78 is 0. The number of benzene rings is 1. The van der Waals surface area contributed by atoms with Crippen LogP contribution in [0, 0.1) is 11.3 Å². The van der Waals surface area contributed by atoms with Crippen molar-refractivity contribution < 1.29 is 5.11 Å². The molecule has 0 saturated heterocycles. The number of nitrogens with zero attached hydrogens (tertiary/aromatic N) is 1. The molecule has 0 radical (unpaired) electrons. The van der Waals surface area contributed by atoms with Gasteiger partial charge in [-0.3, -0.25) is 0 Å². The van der Waals surface area contributed by atoms with Crippen molar-refractivity contribution in [3.63, 3.8) is 0 Å². The van der Waals surface area contributed by atoms with Crippen molar-refractivity contribution in [2.75, 3.05) is 5.75 Å². The maximum Gasteiger partial charge on any atom is 0.0700 e. The summed E-state index contributed by atoms with van der Waals surface area (Å²) in [4.78, 5) is 1.24. The number of hydrogen-bond acceptors (Lipinski definition) is 3. The topological polar surface area (TPSA) is 44.0 Å². The molecule has 3 heteroatoms.